The Labute approximate surface area is 133 Å². The Bertz CT molecular complexity index is 886. The molecule has 0 bridgehead atoms. The highest BCUT2D eigenvalue weighted by Gasteiger charge is 2.16. The summed E-state index contributed by atoms with van der Waals surface area (Å²) in [5, 5.41) is 19.0. The lowest BCUT2D eigenvalue weighted by Crippen LogP contribution is -2.00. The summed E-state index contributed by atoms with van der Waals surface area (Å²) in [5.74, 6) is -0.418. The molecule has 112 valence electrons. The predicted molar refractivity (Wildman–Crippen MR) is 85.7 cm³/mol. The van der Waals surface area contributed by atoms with E-state index in [9.17, 15) is 14.8 Å². The van der Waals surface area contributed by atoms with E-state index in [4.69, 9.17) is 0 Å². The van der Waals surface area contributed by atoms with Crippen LogP contribution in [0.1, 0.15) is 11.1 Å². The van der Waals surface area contributed by atoms with Crippen molar-refractivity contribution in [3.63, 3.8) is 0 Å². The molecule has 0 unspecified atom stereocenters. The summed E-state index contributed by atoms with van der Waals surface area (Å²) in [7, 11) is 0. The van der Waals surface area contributed by atoms with Crippen LogP contribution in [-0.4, -0.2) is 10.1 Å². The van der Waals surface area contributed by atoms with Crippen LogP contribution in [0.25, 0.3) is 22.5 Å². The van der Waals surface area contributed by atoms with Gasteiger partial charge in [-0.3, -0.25) is 0 Å². The first-order valence-electron chi connectivity index (χ1n) is 7.09. The first-order valence-corrected chi connectivity index (χ1v) is 7.09. The van der Waals surface area contributed by atoms with E-state index < -0.39 is 5.82 Å². The number of benzene rings is 2. The lowest BCUT2D eigenvalue weighted by atomic mass is 9.99. The first kappa shape index (κ1) is 14.9. The average Bonchev–Trinajstić information content (AvgIpc) is 2.62. The summed E-state index contributed by atoms with van der Waals surface area (Å²) < 4.78 is 14.1. The van der Waals surface area contributed by atoms with Crippen LogP contribution in [0.4, 0.5) is 4.39 Å². The first-order chi connectivity index (χ1) is 11.2. The third kappa shape index (κ3) is 2.83. The molecule has 0 fully saturated rings. The van der Waals surface area contributed by atoms with Crippen molar-refractivity contribution in [3.8, 4) is 28.6 Å². The molecular formula is C19H13FN2O. The zero-order valence-corrected chi connectivity index (χ0v) is 12.2. The van der Waals surface area contributed by atoms with Gasteiger partial charge in [-0.1, -0.05) is 42.5 Å². The fourth-order valence-electron chi connectivity index (χ4n) is 2.46. The standard InChI is InChI=1S/C19H13FN2O/c20-17-9-5-4-8-16(17)19-15(12-23)10-14(11-21)18(22-19)13-6-2-1-3-7-13/h1-10,23H,12H2. The summed E-state index contributed by atoms with van der Waals surface area (Å²) in [5.41, 5.74) is 2.67. The fourth-order valence-corrected chi connectivity index (χ4v) is 2.46. The van der Waals surface area contributed by atoms with Crippen LogP contribution in [0.5, 0.6) is 0 Å². The SMILES string of the molecule is N#Cc1cc(CO)c(-c2ccccc2F)nc1-c1ccccc1. The smallest absolute Gasteiger partial charge is 0.132 e. The average molecular weight is 304 g/mol. The van der Waals surface area contributed by atoms with Crippen LogP contribution in [0.15, 0.2) is 60.7 Å². The van der Waals surface area contributed by atoms with Crippen molar-refractivity contribution in [1.82, 2.24) is 4.98 Å². The highest BCUT2D eigenvalue weighted by Crippen LogP contribution is 2.30. The minimum atomic E-state index is -0.418. The summed E-state index contributed by atoms with van der Waals surface area (Å²) in [4.78, 5) is 4.49. The molecule has 0 radical (unpaired) electrons. The number of nitriles is 1. The van der Waals surface area contributed by atoms with Gasteiger partial charge >= 0.3 is 0 Å². The van der Waals surface area contributed by atoms with Crippen LogP contribution in [0, 0.1) is 17.1 Å². The van der Waals surface area contributed by atoms with Gasteiger partial charge in [0.25, 0.3) is 0 Å². The largest absolute Gasteiger partial charge is 0.392 e. The molecular weight excluding hydrogens is 291 g/mol. The molecule has 2 aromatic carbocycles. The van der Waals surface area contributed by atoms with E-state index in [1.165, 1.54) is 6.07 Å². The van der Waals surface area contributed by atoms with Gasteiger partial charge < -0.3 is 5.11 Å². The zero-order chi connectivity index (χ0) is 16.2. The molecule has 3 nitrogen and oxygen atoms in total. The molecule has 0 spiro atoms. The molecule has 1 aromatic heterocycles. The Balaban J connectivity index is 2.29. The van der Waals surface area contributed by atoms with E-state index in [0.717, 1.165) is 5.56 Å². The van der Waals surface area contributed by atoms with Crippen molar-refractivity contribution < 1.29 is 9.50 Å². The molecule has 1 heterocycles. The maximum absolute atomic E-state index is 14.1. The van der Waals surface area contributed by atoms with Gasteiger partial charge in [-0.2, -0.15) is 5.26 Å². The molecule has 4 heteroatoms. The predicted octanol–water partition coefficient (Wildman–Crippen LogP) is 3.92. The van der Waals surface area contributed by atoms with Gasteiger partial charge in [-0.05, 0) is 18.2 Å². The van der Waals surface area contributed by atoms with E-state index in [1.807, 2.05) is 30.3 Å². The Hall–Kier alpha value is -3.03. The van der Waals surface area contributed by atoms with Gasteiger partial charge in [0.15, 0.2) is 0 Å². The van der Waals surface area contributed by atoms with Crippen LogP contribution < -0.4 is 0 Å². The van der Waals surface area contributed by atoms with E-state index in [1.54, 1.807) is 24.3 Å². The van der Waals surface area contributed by atoms with Gasteiger partial charge in [0.05, 0.1) is 23.6 Å². The highest BCUT2D eigenvalue weighted by atomic mass is 19.1. The zero-order valence-electron chi connectivity index (χ0n) is 12.2. The molecule has 0 aliphatic rings. The molecule has 3 rings (SSSR count). The lowest BCUT2D eigenvalue weighted by molar-refractivity contribution is 0.282. The van der Waals surface area contributed by atoms with Crippen molar-refractivity contribution in [2.24, 2.45) is 0 Å². The van der Waals surface area contributed by atoms with Crippen LogP contribution in [-0.2, 0) is 6.61 Å². The summed E-state index contributed by atoms with van der Waals surface area (Å²) >= 11 is 0. The van der Waals surface area contributed by atoms with Crippen LogP contribution in [0.2, 0.25) is 0 Å². The Kier molecular flexibility index (Phi) is 4.13. The van der Waals surface area contributed by atoms with Crippen LogP contribution >= 0.6 is 0 Å². The van der Waals surface area contributed by atoms with Gasteiger partial charge in [-0.25, -0.2) is 9.37 Å². The number of pyridine rings is 1. The van der Waals surface area contributed by atoms with E-state index in [0.29, 0.717) is 28.1 Å². The second-order valence-electron chi connectivity index (χ2n) is 5.01. The van der Waals surface area contributed by atoms with Gasteiger partial charge in [0.1, 0.15) is 11.9 Å². The number of aliphatic hydroxyl groups is 1. The highest BCUT2D eigenvalue weighted by molar-refractivity contribution is 5.73. The van der Waals surface area contributed by atoms with Crippen molar-refractivity contribution >= 4 is 0 Å². The molecule has 0 saturated heterocycles. The number of aromatic nitrogens is 1. The molecule has 3 aromatic rings. The summed E-state index contributed by atoms with van der Waals surface area (Å²) in [6, 6.07) is 19.2. The van der Waals surface area contributed by atoms with Gasteiger partial charge in [-0.15, -0.1) is 0 Å². The third-order valence-electron chi connectivity index (χ3n) is 3.57. The summed E-state index contributed by atoms with van der Waals surface area (Å²) in [6.07, 6.45) is 0. The minimum Gasteiger partial charge on any atom is -0.392 e. The van der Waals surface area contributed by atoms with E-state index >= 15 is 0 Å². The fraction of sp³-hybridized carbons (Fsp3) is 0.0526. The molecule has 0 aliphatic carbocycles. The van der Waals surface area contributed by atoms with Crippen molar-refractivity contribution in [1.29, 1.82) is 5.26 Å². The third-order valence-corrected chi connectivity index (χ3v) is 3.57. The molecule has 0 amide bonds. The van der Waals surface area contributed by atoms with E-state index in [2.05, 4.69) is 11.1 Å². The van der Waals surface area contributed by atoms with Crippen LogP contribution in [0.3, 0.4) is 0 Å². The van der Waals surface area contributed by atoms with E-state index in [-0.39, 0.29) is 6.61 Å². The maximum atomic E-state index is 14.1. The number of rotatable bonds is 3. The number of nitrogens with zero attached hydrogens (tertiary/aromatic N) is 2. The quantitative estimate of drug-likeness (QED) is 0.798. The molecule has 0 aliphatic heterocycles. The lowest BCUT2D eigenvalue weighted by Gasteiger charge is -2.12. The van der Waals surface area contributed by atoms with Gasteiger partial charge in [0, 0.05) is 16.7 Å². The Morgan fingerprint density at radius 2 is 1.70 bits per heavy atom. The monoisotopic (exact) mass is 304 g/mol. The van der Waals surface area contributed by atoms with Crippen molar-refractivity contribution in [2.45, 2.75) is 6.61 Å². The Morgan fingerprint density at radius 1 is 1.00 bits per heavy atom. The minimum absolute atomic E-state index is 0.304. The molecule has 0 saturated carbocycles. The number of hydrogen-bond donors (Lipinski definition) is 1. The Morgan fingerprint density at radius 3 is 2.35 bits per heavy atom. The molecule has 23 heavy (non-hydrogen) atoms. The molecule has 0 atom stereocenters. The second-order valence-corrected chi connectivity index (χ2v) is 5.01. The topological polar surface area (TPSA) is 56.9 Å². The van der Waals surface area contributed by atoms with Crippen molar-refractivity contribution in [2.75, 3.05) is 0 Å². The number of hydrogen-bond acceptors (Lipinski definition) is 3. The second kappa shape index (κ2) is 6.39. The number of aliphatic hydroxyl groups excluding tert-OH is 1. The molecule has 1 N–H and O–H groups in total. The maximum Gasteiger partial charge on any atom is 0.132 e. The number of halogens is 1. The van der Waals surface area contributed by atoms with Gasteiger partial charge in [0.2, 0.25) is 0 Å². The normalized spacial score (nSPS) is 10.3. The summed E-state index contributed by atoms with van der Waals surface area (Å²) in [6.45, 7) is -0.319. The van der Waals surface area contributed by atoms with Crippen molar-refractivity contribution in [3.05, 3.63) is 77.6 Å².